The Morgan fingerprint density at radius 3 is 3.10 bits per heavy atom. The first-order valence-corrected chi connectivity index (χ1v) is 7.16. The topological polar surface area (TPSA) is 77.2 Å². The third-order valence-corrected chi connectivity index (χ3v) is 3.77. The molecule has 0 radical (unpaired) electrons. The molecular formula is C15H15N3O3. The molecule has 0 unspecified atom stereocenters. The molecule has 1 aromatic heterocycles. The Hall–Kier alpha value is -2.37. The van der Waals surface area contributed by atoms with Crippen LogP contribution in [0.15, 0.2) is 22.7 Å². The largest absolute Gasteiger partial charge is 0.484 e. The van der Waals surface area contributed by atoms with E-state index in [9.17, 15) is 4.79 Å². The molecule has 2 aliphatic rings. The van der Waals surface area contributed by atoms with Gasteiger partial charge in [-0.05, 0) is 30.9 Å². The second kappa shape index (κ2) is 4.87. The molecule has 21 heavy (non-hydrogen) atoms. The van der Waals surface area contributed by atoms with Crippen LogP contribution in [0.3, 0.4) is 0 Å². The number of rotatable bonds is 4. The molecule has 1 fully saturated rings. The van der Waals surface area contributed by atoms with Gasteiger partial charge < -0.3 is 14.6 Å². The van der Waals surface area contributed by atoms with E-state index in [-0.39, 0.29) is 12.5 Å². The fourth-order valence-corrected chi connectivity index (χ4v) is 2.42. The van der Waals surface area contributed by atoms with Crippen molar-refractivity contribution < 1.29 is 14.1 Å². The molecule has 2 heterocycles. The molecule has 2 aromatic rings. The minimum atomic E-state index is 0.0469. The van der Waals surface area contributed by atoms with Gasteiger partial charge >= 0.3 is 0 Å². The van der Waals surface area contributed by atoms with E-state index in [1.165, 1.54) is 0 Å². The van der Waals surface area contributed by atoms with Gasteiger partial charge in [0, 0.05) is 24.1 Å². The van der Waals surface area contributed by atoms with Crippen LogP contribution in [0.5, 0.6) is 5.75 Å². The molecule has 4 rings (SSSR count). The predicted octanol–water partition coefficient (Wildman–Crippen LogP) is 2.41. The van der Waals surface area contributed by atoms with Crippen molar-refractivity contribution in [2.24, 2.45) is 0 Å². The summed E-state index contributed by atoms with van der Waals surface area (Å²) in [7, 11) is 0. The van der Waals surface area contributed by atoms with Crippen molar-refractivity contribution in [3.05, 3.63) is 35.5 Å². The Morgan fingerprint density at radius 1 is 1.33 bits per heavy atom. The van der Waals surface area contributed by atoms with E-state index in [1.807, 2.05) is 18.2 Å². The van der Waals surface area contributed by atoms with Crippen molar-refractivity contribution in [3.63, 3.8) is 0 Å². The van der Waals surface area contributed by atoms with Gasteiger partial charge in [0.1, 0.15) is 5.75 Å². The zero-order valence-corrected chi connectivity index (χ0v) is 11.5. The summed E-state index contributed by atoms with van der Waals surface area (Å²) in [4.78, 5) is 15.7. The standard InChI is InChI=1S/C15H15N3O3/c19-13-6-4-9-3-5-11(7-12(9)16-13)20-8-14-17-15(18-21-14)10-1-2-10/h3,5,7,10H,1-2,4,6,8H2,(H,16,19). The second-order valence-electron chi connectivity index (χ2n) is 5.48. The number of aromatic nitrogens is 2. The number of amides is 1. The molecule has 1 aliphatic heterocycles. The number of aryl methyl sites for hydroxylation is 1. The zero-order chi connectivity index (χ0) is 14.2. The van der Waals surface area contributed by atoms with Crippen LogP contribution >= 0.6 is 0 Å². The summed E-state index contributed by atoms with van der Waals surface area (Å²) in [6.07, 6.45) is 3.60. The number of nitrogens with zero attached hydrogens (tertiary/aromatic N) is 2. The van der Waals surface area contributed by atoms with Gasteiger partial charge in [0.15, 0.2) is 12.4 Å². The predicted molar refractivity (Wildman–Crippen MR) is 74.0 cm³/mol. The average Bonchev–Trinajstić information content (AvgIpc) is 3.24. The smallest absolute Gasteiger partial charge is 0.264 e. The number of carbonyl (C=O) groups is 1. The van der Waals surface area contributed by atoms with Crippen LogP contribution in [-0.4, -0.2) is 16.0 Å². The van der Waals surface area contributed by atoms with Crippen LogP contribution < -0.4 is 10.1 Å². The van der Waals surface area contributed by atoms with Crippen molar-refractivity contribution in [2.75, 3.05) is 5.32 Å². The highest BCUT2D eigenvalue weighted by Gasteiger charge is 2.28. The number of anilines is 1. The van der Waals surface area contributed by atoms with Crippen LogP contribution in [0.1, 0.15) is 42.5 Å². The summed E-state index contributed by atoms with van der Waals surface area (Å²) in [6.45, 7) is 0.243. The number of carbonyl (C=O) groups excluding carboxylic acids is 1. The lowest BCUT2D eigenvalue weighted by Gasteiger charge is -2.17. The van der Waals surface area contributed by atoms with Crippen LogP contribution in [0, 0.1) is 0 Å². The summed E-state index contributed by atoms with van der Waals surface area (Å²) in [5.74, 6) is 2.47. The molecule has 0 bridgehead atoms. The Morgan fingerprint density at radius 2 is 2.24 bits per heavy atom. The molecule has 108 valence electrons. The van der Waals surface area contributed by atoms with Crippen molar-refractivity contribution in [1.29, 1.82) is 0 Å². The fourth-order valence-electron chi connectivity index (χ4n) is 2.42. The lowest BCUT2D eigenvalue weighted by molar-refractivity contribution is -0.116. The first kappa shape index (κ1) is 12.4. The van der Waals surface area contributed by atoms with E-state index in [0.29, 0.717) is 24.0 Å². The number of benzene rings is 1. The summed E-state index contributed by atoms with van der Waals surface area (Å²) in [5.41, 5.74) is 1.96. The van der Waals surface area contributed by atoms with E-state index in [1.54, 1.807) is 0 Å². The van der Waals surface area contributed by atoms with Crippen LogP contribution in [0.25, 0.3) is 0 Å². The maximum atomic E-state index is 11.4. The molecule has 0 spiro atoms. The highest BCUT2D eigenvalue weighted by Crippen LogP contribution is 2.38. The van der Waals surface area contributed by atoms with E-state index >= 15 is 0 Å². The maximum absolute atomic E-state index is 11.4. The lowest BCUT2D eigenvalue weighted by Crippen LogP contribution is -2.18. The van der Waals surface area contributed by atoms with Gasteiger partial charge in [-0.1, -0.05) is 11.2 Å². The molecule has 1 aromatic carbocycles. The van der Waals surface area contributed by atoms with Gasteiger partial charge in [-0.25, -0.2) is 0 Å². The molecule has 0 saturated heterocycles. The molecular weight excluding hydrogens is 270 g/mol. The normalized spacial score (nSPS) is 17.2. The molecule has 1 saturated carbocycles. The highest BCUT2D eigenvalue weighted by atomic mass is 16.5. The second-order valence-corrected chi connectivity index (χ2v) is 5.48. The van der Waals surface area contributed by atoms with Crippen LogP contribution in [-0.2, 0) is 17.8 Å². The fraction of sp³-hybridized carbons (Fsp3) is 0.400. The summed E-state index contributed by atoms with van der Waals surface area (Å²) in [6, 6.07) is 5.71. The number of fused-ring (bicyclic) bond motifs is 1. The summed E-state index contributed by atoms with van der Waals surface area (Å²) in [5, 5.41) is 6.80. The quantitative estimate of drug-likeness (QED) is 0.933. The number of hydrogen-bond acceptors (Lipinski definition) is 5. The molecule has 1 amide bonds. The van der Waals surface area contributed by atoms with Crippen molar-refractivity contribution in [2.45, 2.75) is 38.2 Å². The monoisotopic (exact) mass is 285 g/mol. The Kier molecular flexibility index (Phi) is 2.87. The third-order valence-electron chi connectivity index (χ3n) is 3.77. The summed E-state index contributed by atoms with van der Waals surface area (Å²) >= 11 is 0. The van der Waals surface area contributed by atoms with Crippen molar-refractivity contribution in [1.82, 2.24) is 10.1 Å². The Balaban J connectivity index is 1.44. The molecule has 0 atom stereocenters. The minimum absolute atomic E-state index is 0.0469. The van der Waals surface area contributed by atoms with Crippen molar-refractivity contribution in [3.8, 4) is 5.75 Å². The van der Waals surface area contributed by atoms with Gasteiger partial charge in [-0.15, -0.1) is 0 Å². The third kappa shape index (κ3) is 2.61. The van der Waals surface area contributed by atoms with Gasteiger partial charge in [0.25, 0.3) is 5.89 Å². The highest BCUT2D eigenvalue weighted by molar-refractivity contribution is 5.94. The molecule has 6 nitrogen and oxygen atoms in total. The van der Waals surface area contributed by atoms with E-state index in [4.69, 9.17) is 9.26 Å². The number of nitrogens with one attached hydrogen (secondary N) is 1. The lowest BCUT2D eigenvalue weighted by atomic mass is 10.0. The number of ether oxygens (including phenoxy) is 1. The van der Waals surface area contributed by atoms with Crippen LogP contribution in [0.2, 0.25) is 0 Å². The van der Waals surface area contributed by atoms with Gasteiger partial charge in [0.2, 0.25) is 5.91 Å². The Bertz CT molecular complexity index is 691. The van der Waals surface area contributed by atoms with E-state index in [0.717, 1.165) is 36.3 Å². The first-order chi connectivity index (χ1) is 10.3. The molecule has 1 N–H and O–H groups in total. The average molecular weight is 285 g/mol. The first-order valence-electron chi connectivity index (χ1n) is 7.16. The van der Waals surface area contributed by atoms with Gasteiger partial charge in [-0.2, -0.15) is 4.98 Å². The minimum Gasteiger partial charge on any atom is -0.484 e. The SMILES string of the molecule is O=C1CCc2ccc(OCc3nc(C4CC4)no3)cc2N1. The summed E-state index contributed by atoms with van der Waals surface area (Å²) < 4.78 is 10.8. The maximum Gasteiger partial charge on any atom is 0.264 e. The van der Waals surface area contributed by atoms with Crippen molar-refractivity contribution >= 4 is 11.6 Å². The molecule has 1 aliphatic carbocycles. The zero-order valence-electron chi connectivity index (χ0n) is 11.5. The Labute approximate surface area is 121 Å². The van der Waals surface area contributed by atoms with Gasteiger partial charge in [-0.3, -0.25) is 4.79 Å². The van der Waals surface area contributed by atoms with E-state index < -0.39 is 0 Å². The van der Waals surface area contributed by atoms with Crippen LogP contribution in [0.4, 0.5) is 5.69 Å². The van der Waals surface area contributed by atoms with Gasteiger partial charge in [0.05, 0.1) is 0 Å². The number of hydrogen-bond donors (Lipinski definition) is 1. The van der Waals surface area contributed by atoms with E-state index in [2.05, 4.69) is 15.5 Å². The molecule has 6 heteroatoms.